The molecule has 0 saturated carbocycles. The Hall–Kier alpha value is -1.79. The number of hydrogen-bond acceptors (Lipinski definition) is 3. The third-order valence-electron chi connectivity index (χ3n) is 3.86. The van der Waals surface area contributed by atoms with Crippen molar-refractivity contribution in [3.63, 3.8) is 0 Å². The number of carboxylic acid groups (broad SMARTS) is 1. The summed E-state index contributed by atoms with van der Waals surface area (Å²) in [6, 6.07) is 11.2. The molecule has 1 N–H and O–H groups in total. The van der Waals surface area contributed by atoms with Gasteiger partial charge in [0, 0.05) is 6.54 Å². The van der Waals surface area contributed by atoms with E-state index in [0.29, 0.717) is 28.3 Å². The molecule has 1 heterocycles. The van der Waals surface area contributed by atoms with E-state index >= 15 is 0 Å². The van der Waals surface area contributed by atoms with Gasteiger partial charge in [0.25, 0.3) is 0 Å². The normalized spacial score (nSPS) is 12.5. The summed E-state index contributed by atoms with van der Waals surface area (Å²) >= 11 is 9.24. The molecule has 0 unspecified atom stereocenters. The van der Waals surface area contributed by atoms with Crippen molar-refractivity contribution in [2.75, 3.05) is 13.2 Å². The van der Waals surface area contributed by atoms with Gasteiger partial charge in [0.1, 0.15) is 17.5 Å². The molecule has 0 aliphatic carbocycles. The number of carbonyl (C=O) groups is 1. The highest BCUT2D eigenvalue weighted by Crippen LogP contribution is 2.25. The first-order valence-electron chi connectivity index (χ1n) is 8.63. The maximum absolute atomic E-state index is 12.0. The molecule has 0 radical (unpaired) electrons. The minimum atomic E-state index is -0.954. The molecule has 5 nitrogen and oxygen atoms in total. The highest BCUT2D eigenvalue weighted by atomic mass is 79.9. The fourth-order valence-electron chi connectivity index (χ4n) is 2.68. The monoisotopic (exact) mass is 454 g/mol. The van der Waals surface area contributed by atoms with Crippen molar-refractivity contribution >= 4 is 33.6 Å². The number of ether oxygens (including phenoxy) is 1. The molecule has 0 aliphatic rings. The lowest BCUT2D eigenvalue weighted by atomic mass is 9.94. The van der Waals surface area contributed by atoms with Crippen molar-refractivity contribution in [2.45, 2.75) is 33.2 Å². The average molecular weight is 456 g/mol. The standard InChI is InChI=1S/C20H24BrClN2O3/c1-20(2,3)13-24(19(25)26)15(9-14-7-5-4-6-8-14)12-27-16-10-17(21)18(22)23-11-16/h4-8,10-11,15H,9,12-13H2,1-3H3,(H,25,26)/t15-/m0/s1. The zero-order valence-corrected chi connectivity index (χ0v) is 18.0. The summed E-state index contributed by atoms with van der Waals surface area (Å²) < 4.78 is 6.50. The molecule has 146 valence electrons. The van der Waals surface area contributed by atoms with Crippen LogP contribution in [0.2, 0.25) is 5.15 Å². The van der Waals surface area contributed by atoms with Crippen LogP contribution in [0.25, 0.3) is 0 Å². The van der Waals surface area contributed by atoms with Gasteiger partial charge in [-0.2, -0.15) is 0 Å². The van der Waals surface area contributed by atoms with Gasteiger partial charge in [0.05, 0.1) is 16.7 Å². The number of amides is 1. The molecule has 0 saturated heterocycles. The van der Waals surface area contributed by atoms with Crippen LogP contribution in [0.4, 0.5) is 4.79 Å². The summed E-state index contributed by atoms with van der Waals surface area (Å²) in [5.41, 5.74) is 0.889. The van der Waals surface area contributed by atoms with Gasteiger partial charge in [0.2, 0.25) is 0 Å². The first-order valence-corrected chi connectivity index (χ1v) is 9.80. The van der Waals surface area contributed by atoms with Gasteiger partial charge in [-0.05, 0) is 39.4 Å². The number of benzene rings is 1. The van der Waals surface area contributed by atoms with Crippen LogP contribution in [0.3, 0.4) is 0 Å². The molecule has 1 aromatic heterocycles. The zero-order valence-electron chi connectivity index (χ0n) is 15.7. The van der Waals surface area contributed by atoms with Gasteiger partial charge >= 0.3 is 6.09 Å². The summed E-state index contributed by atoms with van der Waals surface area (Å²) in [6.45, 7) is 6.68. The summed E-state index contributed by atoms with van der Waals surface area (Å²) in [6.07, 6.45) is 1.14. The second-order valence-corrected chi connectivity index (χ2v) is 8.78. The molecule has 1 atom stereocenters. The van der Waals surface area contributed by atoms with Gasteiger partial charge in [-0.15, -0.1) is 0 Å². The van der Waals surface area contributed by atoms with Gasteiger partial charge in [-0.1, -0.05) is 62.7 Å². The van der Waals surface area contributed by atoms with Crippen LogP contribution in [-0.4, -0.2) is 40.3 Å². The van der Waals surface area contributed by atoms with E-state index in [1.54, 1.807) is 6.07 Å². The summed E-state index contributed by atoms with van der Waals surface area (Å²) in [7, 11) is 0. The maximum Gasteiger partial charge on any atom is 0.407 e. The van der Waals surface area contributed by atoms with Crippen LogP contribution in [0, 0.1) is 5.41 Å². The Morgan fingerprint density at radius 2 is 2.00 bits per heavy atom. The van der Waals surface area contributed by atoms with E-state index in [1.807, 2.05) is 51.1 Å². The van der Waals surface area contributed by atoms with Crippen molar-refractivity contribution in [1.29, 1.82) is 0 Å². The minimum Gasteiger partial charge on any atom is -0.490 e. The van der Waals surface area contributed by atoms with Crippen LogP contribution < -0.4 is 4.74 Å². The first kappa shape index (κ1) is 21.5. The van der Waals surface area contributed by atoms with E-state index < -0.39 is 6.09 Å². The Balaban J connectivity index is 2.21. The third kappa shape index (κ3) is 7.03. The molecule has 0 fully saturated rings. The number of aromatic nitrogens is 1. The Kier molecular flexibility index (Phi) is 7.50. The molecule has 1 amide bonds. The number of nitrogens with zero attached hydrogens (tertiary/aromatic N) is 2. The van der Waals surface area contributed by atoms with Gasteiger partial charge in [0.15, 0.2) is 0 Å². The van der Waals surface area contributed by atoms with Crippen molar-refractivity contribution < 1.29 is 14.6 Å². The Morgan fingerprint density at radius 3 is 2.56 bits per heavy atom. The molecular weight excluding hydrogens is 432 g/mol. The topological polar surface area (TPSA) is 62.7 Å². The fourth-order valence-corrected chi connectivity index (χ4v) is 3.12. The number of halogens is 2. The molecule has 2 aromatic rings. The maximum atomic E-state index is 12.0. The highest BCUT2D eigenvalue weighted by molar-refractivity contribution is 9.10. The molecule has 0 spiro atoms. The third-order valence-corrected chi connectivity index (χ3v) is 4.99. The molecule has 27 heavy (non-hydrogen) atoms. The van der Waals surface area contributed by atoms with Crippen molar-refractivity contribution in [2.24, 2.45) is 5.41 Å². The van der Waals surface area contributed by atoms with E-state index in [-0.39, 0.29) is 18.1 Å². The predicted molar refractivity (Wildman–Crippen MR) is 111 cm³/mol. The largest absolute Gasteiger partial charge is 0.490 e. The molecule has 1 aromatic carbocycles. The summed E-state index contributed by atoms with van der Waals surface area (Å²) in [5, 5.41) is 10.1. The Morgan fingerprint density at radius 1 is 1.33 bits per heavy atom. The second kappa shape index (κ2) is 9.42. The van der Waals surface area contributed by atoms with Gasteiger partial charge in [-0.25, -0.2) is 9.78 Å². The molecule has 7 heteroatoms. The summed E-state index contributed by atoms with van der Waals surface area (Å²) in [4.78, 5) is 17.5. The zero-order chi connectivity index (χ0) is 20.0. The Labute approximate surface area is 173 Å². The van der Waals surface area contributed by atoms with Gasteiger partial charge in [-0.3, -0.25) is 0 Å². The number of rotatable bonds is 7. The highest BCUT2D eigenvalue weighted by Gasteiger charge is 2.28. The van der Waals surface area contributed by atoms with Crippen LogP contribution in [0.5, 0.6) is 5.75 Å². The molecular formula is C20H24BrClN2O3. The molecule has 0 bridgehead atoms. The van der Waals surface area contributed by atoms with E-state index in [9.17, 15) is 9.90 Å². The quantitative estimate of drug-likeness (QED) is 0.559. The average Bonchev–Trinajstić information content (AvgIpc) is 2.59. The fraction of sp³-hybridized carbons (Fsp3) is 0.400. The van der Waals surface area contributed by atoms with E-state index in [1.165, 1.54) is 11.1 Å². The number of pyridine rings is 1. The lowest BCUT2D eigenvalue weighted by Gasteiger charge is -2.34. The van der Waals surface area contributed by atoms with Crippen molar-refractivity contribution in [1.82, 2.24) is 9.88 Å². The second-order valence-electron chi connectivity index (χ2n) is 7.57. The van der Waals surface area contributed by atoms with E-state index in [2.05, 4.69) is 20.9 Å². The predicted octanol–water partition coefficient (Wildman–Crippen LogP) is 5.51. The van der Waals surface area contributed by atoms with Crippen molar-refractivity contribution in [3.8, 4) is 5.75 Å². The SMILES string of the molecule is CC(C)(C)CN(C(=O)O)[C@H](COc1cnc(Cl)c(Br)c1)Cc1ccccc1. The lowest BCUT2D eigenvalue weighted by Crippen LogP contribution is -2.48. The summed E-state index contributed by atoms with van der Waals surface area (Å²) in [5.74, 6) is 0.533. The van der Waals surface area contributed by atoms with E-state index in [4.69, 9.17) is 16.3 Å². The van der Waals surface area contributed by atoms with Crippen LogP contribution >= 0.6 is 27.5 Å². The van der Waals surface area contributed by atoms with E-state index in [0.717, 1.165) is 5.56 Å². The molecule has 2 rings (SSSR count). The van der Waals surface area contributed by atoms with Crippen LogP contribution in [0.1, 0.15) is 26.3 Å². The van der Waals surface area contributed by atoms with Gasteiger partial charge < -0.3 is 14.7 Å². The minimum absolute atomic E-state index is 0.168. The van der Waals surface area contributed by atoms with Crippen molar-refractivity contribution in [3.05, 3.63) is 57.8 Å². The first-order chi connectivity index (χ1) is 12.7. The Bertz CT molecular complexity index is 766. The number of hydrogen-bond donors (Lipinski definition) is 1. The van der Waals surface area contributed by atoms with Crippen LogP contribution in [0.15, 0.2) is 47.1 Å². The van der Waals surface area contributed by atoms with Crippen LogP contribution in [-0.2, 0) is 6.42 Å². The molecule has 0 aliphatic heterocycles. The lowest BCUT2D eigenvalue weighted by molar-refractivity contribution is 0.0820. The smallest absolute Gasteiger partial charge is 0.407 e.